The van der Waals surface area contributed by atoms with Gasteiger partial charge in [-0.15, -0.1) is 5.10 Å². The first-order chi connectivity index (χ1) is 11.0. The van der Waals surface area contributed by atoms with Crippen LogP contribution in [0.4, 0.5) is 0 Å². The van der Waals surface area contributed by atoms with Crippen molar-refractivity contribution in [1.29, 1.82) is 0 Å². The minimum absolute atomic E-state index is 0.116. The van der Waals surface area contributed by atoms with Gasteiger partial charge in [-0.05, 0) is 37.7 Å². The molecule has 0 bridgehead atoms. The zero-order chi connectivity index (χ0) is 16.4. The molecule has 23 heavy (non-hydrogen) atoms. The van der Waals surface area contributed by atoms with Gasteiger partial charge in [-0.2, -0.15) is 11.8 Å². The average molecular weight is 355 g/mol. The van der Waals surface area contributed by atoms with Crippen LogP contribution >= 0.6 is 11.8 Å². The fraction of sp³-hybridized carbons (Fsp3) is 0.600. The maximum Gasteiger partial charge on any atom is 0.217 e. The van der Waals surface area contributed by atoms with Gasteiger partial charge in [0.05, 0.1) is 23.3 Å². The molecule has 0 N–H and O–H groups in total. The number of hydrogen-bond acceptors (Lipinski definition) is 6. The van der Waals surface area contributed by atoms with E-state index in [4.69, 9.17) is 4.42 Å². The molecule has 2 aromatic rings. The Bertz CT molecular complexity index is 780. The summed E-state index contributed by atoms with van der Waals surface area (Å²) in [6.07, 6.45) is 1.70. The van der Waals surface area contributed by atoms with Crippen molar-refractivity contribution in [3.05, 3.63) is 23.7 Å². The summed E-state index contributed by atoms with van der Waals surface area (Å²) in [5.41, 5.74) is 0. The third kappa shape index (κ3) is 3.80. The monoisotopic (exact) mass is 355 g/mol. The van der Waals surface area contributed by atoms with Gasteiger partial charge in [-0.1, -0.05) is 6.92 Å². The Labute approximate surface area is 140 Å². The summed E-state index contributed by atoms with van der Waals surface area (Å²) >= 11 is 1.79. The number of nitrogens with zero attached hydrogens (tertiary/aromatic N) is 3. The van der Waals surface area contributed by atoms with Crippen molar-refractivity contribution in [2.75, 3.05) is 17.3 Å². The smallest absolute Gasteiger partial charge is 0.217 e. The van der Waals surface area contributed by atoms with Crippen molar-refractivity contribution in [2.24, 2.45) is 0 Å². The molecule has 1 unspecified atom stereocenters. The van der Waals surface area contributed by atoms with Gasteiger partial charge < -0.3 is 4.42 Å². The van der Waals surface area contributed by atoms with Gasteiger partial charge in [-0.25, -0.2) is 18.1 Å². The van der Waals surface area contributed by atoms with Crippen molar-refractivity contribution in [3.63, 3.8) is 0 Å². The Morgan fingerprint density at radius 2 is 2.26 bits per heavy atom. The fourth-order valence-corrected chi connectivity index (χ4v) is 5.19. The summed E-state index contributed by atoms with van der Waals surface area (Å²) in [7, 11) is -2.96. The topological polar surface area (TPSA) is 78.0 Å². The Balaban J connectivity index is 1.90. The molecule has 0 spiro atoms. The SMILES string of the molecule is CCCSCc1nc(-c2ccc(C)o2)nn1C1CCS(=O)(=O)C1. The van der Waals surface area contributed by atoms with Crippen LogP contribution in [-0.4, -0.2) is 40.4 Å². The van der Waals surface area contributed by atoms with Gasteiger partial charge in [-0.3, -0.25) is 0 Å². The van der Waals surface area contributed by atoms with Gasteiger partial charge in [0.15, 0.2) is 15.6 Å². The Kier molecular flexibility index (Phi) is 4.82. The van der Waals surface area contributed by atoms with E-state index in [1.807, 2.05) is 19.1 Å². The van der Waals surface area contributed by atoms with Crippen LogP contribution in [0.3, 0.4) is 0 Å². The summed E-state index contributed by atoms with van der Waals surface area (Å²) in [6.45, 7) is 4.01. The second-order valence-electron chi connectivity index (χ2n) is 5.82. The second kappa shape index (κ2) is 6.68. The molecule has 8 heteroatoms. The van der Waals surface area contributed by atoms with E-state index in [1.165, 1.54) is 0 Å². The van der Waals surface area contributed by atoms with Crippen LogP contribution in [0, 0.1) is 6.92 Å². The summed E-state index contributed by atoms with van der Waals surface area (Å²) in [6, 6.07) is 3.61. The van der Waals surface area contributed by atoms with Gasteiger partial charge in [0.25, 0.3) is 0 Å². The van der Waals surface area contributed by atoms with Crippen LogP contribution in [0.5, 0.6) is 0 Å². The van der Waals surface area contributed by atoms with Crippen LogP contribution < -0.4 is 0 Å². The van der Waals surface area contributed by atoms with E-state index in [1.54, 1.807) is 16.4 Å². The van der Waals surface area contributed by atoms with Crippen LogP contribution in [0.25, 0.3) is 11.6 Å². The second-order valence-corrected chi connectivity index (χ2v) is 9.15. The highest BCUT2D eigenvalue weighted by Gasteiger charge is 2.32. The van der Waals surface area contributed by atoms with E-state index in [0.29, 0.717) is 18.0 Å². The number of thioether (sulfide) groups is 1. The highest BCUT2D eigenvalue weighted by atomic mass is 32.2. The molecule has 0 saturated carbocycles. The first kappa shape index (κ1) is 16.6. The summed E-state index contributed by atoms with van der Waals surface area (Å²) in [5.74, 6) is 4.96. The van der Waals surface area contributed by atoms with Crippen molar-refractivity contribution < 1.29 is 12.8 Å². The Morgan fingerprint density at radius 1 is 1.43 bits per heavy atom. The molecule has 1 fully saturated rings. The Hall–Kier alpha value is -1.28. The van der Waals surface area contributed by atoms with Crippen molar-refractivity contribution in [2.45, 2.75) is 38.5 Å². The lowest BCUT2D eigenvalue weighted by molar-refractivity contribution is 0.483. The molecule has 0 radical (unpaired) electrons. The van der Waals surface area contributed by atoms with E-state index < -0.39 is 9.84 Å². The quantitative estimate of drug-likeness (QED) is 0.742. The molecule has 0 amide bonds. The zero-order valence-corrected chi connectivity index (χ0v) is 15.0. The standard InChI is InChI=1S/C15H21N3O3S2/c1-3-7-22-9-14-16-15(13-5-4-11(2)21-13)17-18(14)12-6-8-23(19,20)10-12/h4-5,12H,3,6-10H2,1-2H3. The molecule has 3 heterocycles. The number of aromatic nitrogens is 3. The highest BCUT2D eigenvalue weighted by Crippen LogP contribution is 2.28. The van der Waals surface area contributed by atoms with Crippen LogP contribution in [0.2, 0.25) is 0 Å². The lowest BCUT2D eigenvalue weighted by atomic mass is 10.3. The summed E-state index contributed by atoms with van der Waals surface area (Å²) in [4.78, 5) is 4.60. The molecule has 1 aliphatic heterocycles. The van der Waals surface area contributed by atoms with Gasteiger partial charge >= 0.3 is 0 Å². The lowest BCUT2D eigenvalue weighted by Crippen LogP contribution is -2.15. The molecule has 1 atom stereocenters. The fourth-order valence-electron chi connectivity index (χ4n) is 2.68. The normalized spacial score (nSPS) is 20.2. The molecule has 1 aliphatic rings. The number of hydrogen-bond donors (Lipinski definition) is 0. The minimum atomic E-state index is -2.96. The van der Waals surface area contributed by atoms with E-state index in [9.17, 15) is 8.42 Å². The van der Waals surface area contributed by atoms with Crippen molar-refractivity contribution in [1.82, 2.24) is 14.8 Å². The number of aryl methyl sites for hydroxylation is 1. The number of rotatable bonds is 6. The number of sulfone groups is 1. The van der Waals surface area contributed by atoms with E-state index in [0.717, 1.165) is 29.5 Å². The molecule has 1 saturated heterocycles. The predicted molar refractivity (Wildman–Crippen MR) is 91.2 cm³/mol. The maximum absolute atomic E-state index is 11.8. The van der Waals surface area contributed by atoms with E-state index >= 15 is 0 Å². The molecule has 2 aromatic heterocycles. The van der Waals surface area contributed by atoms with Gasteiger partial charge in [0.2, 0.25) is 5.82 Å². The number of furan rings is 1. The summed E-state index contributed by atoms with van der Waals surface area (Å²) < 4.78 is 31.0. The third-order valence-electron chi connectivity index (χ3n) is 3.80. The minimum Gasteiger partial charge on any atom is -0.458 e. The zero-order valence-electron chi connectivity index (χ0n) is 13.4. The van der Waals surface area contributed by atoms with Crippen LogP contribution in [-0.2, 0) is 15.6 Å². The van der Waals surface area contributed by atoms with Crippen LogP contribution in [0.1, 0.15) is 37.4 Å². The first-order valence-corrected chi connectivity index (χ1v) is 10.8. The van der Waals surface area contributed by atoms with Crippen molar-refractivity contribution >= 4 is 21.6 Å². The van der Waals surface area contributed by atoms with E-state index in [-0.39, 0.29) is 17.5 Å². The molecular weight excluding hydrogens is 334 g/mol. The molecule has 3 rings (SSSR count). The maximum atomic E-state index is 11.8. The van der Waals surface area contributed by atoms with Crippen LogP contribution in [0.15, 0.2) is 16.5 Å². The largest absolute Gasteiger partial charge is 0.458 e. The predicted octanol–water partition coefficient (Wildman–Crippen LogP) is 2.85. The van der Waals surface area contributed by atoms with Gasteiger partial charge in [0.1, 0.15) is 11.6 Å². The summed E-state index contributed by atoms with van der Waals surface area (Å²) in [5, 5.41) is 4.55. The highest BCUT2D eigenvalue weighted by molar-refractivity contribution is 7.98. The van der Waals surface area contributed by atoms with Gasteiger partial charge in [0, 0.05) is 0 Å². The van der Waals surface area contributed by atoms with E-state index in [2.05, 4.69) is 17.0 Å². The third-order valence-corrected chi connectivity index (χ3v) is 6.71. The lowest BCUT2D eigenvalue weighted by Gasteiger charge is -2.11. The molecule has 0 aliphatic carbocycles. The molecule has 126 valence electrons. The average Bonchev–Trinajstić information content (AvgIpc) is 3.18. The molecule has 0 aromatic carbocycles. The Morgan fingerprint density at radius 3 is 2.87 bits per heavy atom. The molecular formula is C15H21N3O3S2. The van der Waals surface area contributed by atoms with Crippen molar-refractivity contribution in [3.8, 4) is 11.6 Å². The first-order valence-electron chi connectivity index (χ1n) is 7.79. The molecule has 6 nitrogen and oxygen atoms in total.